The summed E-state index contributed by atoms with van der Waals surface area (Å²) in [5, 5.41) is 18.1. The van der Waals surface area contributed by atoms with E-state index in [1.54, 1.807) is 25.8 Å². The zero-order valence-electron chi connectivity index (χ0n) is 17.7. The van der Waals surface area contributed by atoms with Crippen molar-refractivity contribution in [3.63, 3.8) is 0 Å². The van der Waals surface area contributed by atoms with Gasteiger partial charge in [-0.05, 0) is 18.9 Å². The molecule has 0 saturated carbocycles. The van der Waals surface area contributed by atoms with Gasteiger partial charge in [-0.1, -0.05) is 12.1 Å². The van der Waals surface area contributed by atoms with E-state index < -0.39 is 0 Å². The van der Waals surface area contributed by atoms with Crippen LogP contribution in [0.15, 0.2) is 36.9 Å². The molecule has 0 aliphatic carbocycles. The fourth-order valence-corrected chi connectivity index (χ4v) is 3.98. The van der Waals surface area contributed by atoms with Crippen LogP contribution in [0.25, 0.3) is 11.1 Å². The molecule has 31 heavy (non-hydrogen) atoms. The molecule has 0 bridgehead atoms. The lowest BCUT2D eigenvalue weighted by Gasteiger charge is -2.34. The van der Waals surface area contributed by atoms with E-state index >= 15 is 0 Å². The molecule has 0 N–H and O–H groups in total. The topological polar surface area (TPSA) is 102 Å². The van der Waals surface area contributed by atoms with Crippen LogP contribution in [-0.4, -0.2) is 58.1 Å². The summed E-state index contributed by atoms with van der Waals surface area (Å²) >= 11 is 0. The zero-order chi connectivity index (χ0) is 21.6. The Morgan fingerprint density at radius 2 is 1.94 bits per heavy atom. The summed E-state index contributed by atoms with van der Waals surface area (Å²) in [6, 6.07) is 8.42. The van der Waals surface area contributed by atoms with Crippen molar-refractivity contribution in [2.75, 3.05) is 38.3 Å². The number of hydrogen-bond acceptors (Lipinski definition) is 8. The van der Waals surface area contributed by atoms with E-state index in [9.17, 15) is 5.26 Å². The van der Waals surface area contributed by atoms with Crippen LogP contribution in [0.2, 0.25) is 0 Å². The summed E-state index contributed by atoms with van der Waals surface area (Å²) in [7, 11) is 3.60. The molecule has 1 saturated heterocycles. The molecule has 0 radical (unpaired) electrons. The molecule has 0 atom stereocenters. The Labute approximate surface area is 181 Å². The van der Waals surface area contributed by atoms with Gasteiger partial charge < -0.3 is 18.9 Å². The van der Waals surface area contributed by atoms with Crippen LogP contribution >= 0.6 is 0 Å². The van der Waals surface area contributed by atoms with Crippen molar-refractivity contribution in [2.24, 2.45) is 7.05 Å². The summed E-state index contributed by atoms with van der Waals surface area (Å²) < 4.78 is 12.4. The van der Waals surface area contributed by atoms with Gasteiger partial charge in [0.05, 0.1) is 17.9 Å². The third-order valence-corrected chi connectivity index (χ3v) is 5.54. The lowest BCUT2D eigenvalue weighted by molar-refractivity contribution is 0.141. The number of ether oxygens (including phenoxy) is 2. The monoisotopic (exact) mass is 419 g/mol. The molecule has 1 aliphatic rings. The second kappa shape index (κ2) is 9.53. The quantitative estimate of drug-likeness (QED) is 0.539. The Hall–Kier alpha value is -3.51. The highest BCUT2D eigenvalue weighted by atomic mass is 16.5. The molecule has 1 fully saturated rings. The van der Waals surface area contributed by atoms with Crippen LogP contribution in [0.3, 0.4) is 0 Å². The number of rotatable bonds is 7. The Balaban J connectivity index is 1.56. The first-order valence-electron chi connectivity index (χ1n) is 10.3. The SMILES string of the molecule is COCCOc1ncc(-c2cccc(C#N)c2N2CCC(c3nncn3C)CC2)cn1. The van der Waals surface area contributed by atoms with E-state index in [4.69, 9.17) is 9.47 Å². The summed E-state index contributed by atoms with van der Waals surface area (Å²) in [6.07, 6.45) is 7.12. The molecule has 0 amide bonds. The molecule has 4 rings (SSSR count). The summed E-state index contributed by atoms with van der Waals surface area (Å²) in [4.78, 5) is 10.9. The number of aryl methyl sites for hydroxylation is 1. The first kappa shape index (κ1) is 20.8. The molecule has 3 heterocycles. The fourth-order valence-electron chi connectivity index (χ4n) is 3.98. The maximum Gasteiger partial charge on any atom is 0.316 e. The van der Waals surface area contributed by atoms with Crippen LogP contribution in [0.5, 0.6) is 6.01 Å². The van der Waals surface area contributed by atoms with E-state index in [-0.39, 0.29) is 0 Å². The third kappa shape index (κ3) is 4.49. The van der Waals surface area contributed by atoms with E-state index in [2.05, 4.69) is 31.1 Å². The number of piperidine rings is 1. The number of methoxy groups -OCH3 is 1. The highest BCUT2D eigenvalue weighted by Gasteiger charge is 2.27. The van der Waals surface area contributed by atoms with Gasteiger partial charge in [-0.3, -0.25) is 0 Å². The minimum absolute atomic E-state index is 0.309. The number of hydrogen-bond donors (Lipinski definition) is 0. The lowest BCUT2D eigenvalue weighted by atomic mass is 9.93. The van der Waals surface area contributed by atoms with Crippen molar-refractivity contribution < 1.29 is 9.47 Å². The average molecular weight is 419 g/mol. The standard InChI is InChI=1S/C22H25N7O2/c1-28-15-26-27-21(28)16-6-8-29(9-7-16)20-17(12-23)4-3-5-19(20)18-13-24-22(25-14-18)31-11-10-30-2/h3-5,13-16H,6-11H2,1-2H3. The molecule has 160 valence electrons. The zero-order valence-corrected chi connectivity index (χ0v) is 17.7. The van der Waals surface area contributed by atoms with Crippen LogP contribution in [-0.2, 0) is 11.8 Å². The Kier molecular flexibility index (Phi) is 6.38. The second-order valence-corrected chi connectivity index (χ2v) is 7.47. The van der Waals surface area contributed by atoms with E-state index in [1.165, 1.54) is 0 Å². The maximum atomic E-state index is 9.76. The van der Waals surface area contributed by atoms with Crippen molar-refractivity contribution in [1.82, 2.24) is 24.7 Å². The van der Waals surface area contributed by atoms with Gasteiger partial charge in [-0.2, -0.15) is 5.26 Å². The van der Waals surface area contributed by atoms with Gasteiger partial charge in [-0.15, -0.1) is 10.2 Å². The number of nitriles is 1. The Morgan fingerprint density at radius 1 is 1.16 bits per heavy atom. The van der Waals surface area contributed by atoms with Gasteiger partial charge in [0.15, 0.2) is 0 Å². The number of nitrogens with zero attached hydrogens (tertiary/aromatic N) is 7. The highest BCUT2D eigenvalue weighted by molar-refractivity contribution is 5.82. The molecule has 9 nitrogen and oxygen atoms in total. The predicted molar refractivity (Wildman–Crippen MR) is 115 cm³/mol. The number of para-hydroxylation sites is 1. The molecule has 0 unspecified atom stereocenters. The number of aromatic nitrogens is 5. The van der Waals surface area contributed by atoms with E-state index in [0.717, 1.165) is 48.6 Å². The molecule has 3 aromatic rings. The first-order valence-corrected chi connectivity index (χ1v) is 10.3. The minimum atomic E-state index is 0.309. The molecule has 1 aromatic carbocycles. The first-order chi connectivity index (χ1) is 15.2. The Bertz CT molecular complexity index is 1050. The van der Waals surface area contributed by atoms with Crippen molar-refractivity contribution in [2.45, 2.75) is 18.8 Å². The van der Waals surface area contributed by atoms with Gasteiger partial charge in [0.25, 0.3) is 0 Å². The van der Waals surface area contributed by atoms with Crippen LogP contribution in [0, 0.1) is 11.3 Å². The van der Waals surface area contributed by atoms with Gasteiger partial charge >= 0.3 is 6.01 Å². The summed E-state index contributed by atoms with van der Waals surface area (Å²) in [5.74, 6) is 1.39. The molecule has 9 heteroatoms. The van der Waals surface area contributed by atoms with Gasteiger partial charge in [0.1, 0.15) is 24.8 Å². The maximum absolute atomic E-state index is 9.76. The van der Waals surface area contributed by atoms with E-state index in [1.807, 2.05) is 29.8 Å². The molecule has 0 spiro atoms. The summed E-state index contributed by atoms with van der Waals surface area (Å²) in [5.41, 5.74) is 3.37. The molecule has 1 aliphatic heterocycles. The average Bonchev–Trinajstić information content (AvgIpc) is 3.25. The molecule has 2 aromatic heterocycles. The van der Waals surface area contributed by atoms with Gasteiger partial charge in [0.2, 0.25) is 0 Å². The van der Waals surface area contributed by atoms with Crippen molar-refractivity contribution >= 4 is 5.69 Å². The predicted octanol–water partition coefficient (Wildman–Crippen LogP) is 2.55. The van der Waals surface area contributed by atoms with Gasteiger partial charge in [-0.25, -0.2) is 9.97 Å². The normalized spacial score (nSPS) is 14.4. The van der Waals surface area contributed by atoms with Crippen LogP contribution in [0.4, 0.5) is 5.69 Å². The largest absolute Gasteiger partial charge is 0.461 e. The second-order valence-electron chi connectivity index (χ2n) is 7.47. The number of benzene rings is 1. The minimum Gasteiger partial charge on any atom is -0.461 e. The summed E-state index contributed by atoms with van der Waals surface area (Å²) in [6.45, 7) is 2.54. The molecular formula is C22H25N7O2. The number of anilines is 1. The lowest BCUT2D eigenvalue weighted by Crippen LogP contribution is -2.34. The van der Waals surface area contributed by atoms with Crippen molar-refractivity contribution in [1.29, 1.82) is 5.26 Å². The van der Waals surface area contributed by atoms with Crippen LogP contribution in [0.1, 0.15) is 30.1 Å². The Morgan fingerprint density at radius 3 is 2.58 bits per heavy atom. The molecular weight excluding hydrogens is 394 g/mol. The van der Waals surface area contributed by atoms with Crippen molar-refractivity contribution in [3.05, 3.63) is 48.3 Å². The third-order valence-electron chi connectivity index (χ3n) is 5.54. The van der Waals surface area contributed by atoms with Gasteiger partial charge in [0, 0.05) is 56.7 Å². The highest BCUT2D eigenvalue weighted by Crippen LogP contribution is 2.37. The van der Waals surface area contributed by atoms with Crippen molar-refractivity contribution in [3.8, 4) is 23.2 Å². The van der Waals surface area contributed by atoms with Crippen LogP contribution < -0.4 is 9.64 Å². The van der Waals surface area contributed by atoms with E-state index in [0.29, 0.717) is 30.7 Å². The smallest absolute Gasteiger partial charge is 0.316 e. The fraction of sp³-hybridized carbons (Fsp3) is 0.409.